The van der Waals surface area contributed by atoms with Crippen LogP contribution in [-0.4, -0.2) is 33.5 Å². The number of ether oxygens (including phenoxy) is 4. The number of hydrogen-bond donors (Lipinski definition) is 0. The molecule has 2 rings (SSSR count). The average molecular weight is 344 g/mol. The highest BCUT2D eigenvalue weighted by atomic mass is 16.5. The van der Waals surface area contributed by atoms with Crippen LogP contribution in [0.4, 0.5) is 0 Å². The maximum Gasteiger partial charge on any atom is 0.119 e. The Balaban J connectivity index is 1.55. The zero-order valence-electron chi connectivity index (χ0n) is 15.4. The normalized spacial score (nSPS) is 11.8. The third-order valence-corrected chi connectivity index (χ3v) is 4.11. The van der Waals surface area contributed by atoms with E-state index < -0.39 is 0 Å². The molecule has 0 aromatic heterocycles. The zero-order valence-corrected chi connectivity index (χ0v) is 15.4. The summed E-state index contributed by atoms with van der Waals surface area (Å²) in [6.45, 7) is 6.55. The highest BCUT2D eigenvalue weighted by Gasteiger charge is 2.02. The van der Waals surface area contributed by atoms with Crippen LogP contribution < -0.4 is 14.2 Å². The van der Waals surface area contributed by atoms with Crippen molar-refractivity contribution in [2.75, 3.05) is 33.5 Å². The number of methoxy groups -OCH3 is 1. The molecule has 2 aromatic rings. The van der Waals surface area contributed by atoms with Crippen LogP contribution >= 0.6 is 0 Å². The molecule has 0 bridgehead atoms. The summed E-state index contributed by atoms with van der Waals surface area (Å²) in [5, 5.41) is 0. The van der Waals surface area contributed by atoms with Gasteiger partial charge in [0.1, 0.15) is 30.5 Å². The molecule has 0 saturated carbocycles. The van der Waals surface area contributed by atoms with E-state index in [4.69, 9.17) is 18.9 Å². The molecule has 4 heteroatoms. The van der Waals surface area contributed by atoms with Crippen molar-refractivity contribution in [3.8, 4) is 17.2 Å². The molecular formula is C21H28O4. The van der Waals surface area contributed by atoms with E-state index in [-0.39, 0.29) is 0 Å². The number of rotatable bonds is 11. The molecule has 0 amide bonds. The maximum absolute atomic E-state index is 5.69. The first kappa shape index (κ1) is 19.1. The van der Waals surface area contributed by atoms with Crippen molar-refractivity contribution < 1.29 is 18.9 Å². The lowest BCUT2D eigenvalue weighted by molar-refractivity contribution is 0.0764. The van der Waals surface area contributed by atoms with Crippen molar-refractivity contribution in [3.63, 3.8) is 0 Å². The van der Waals surface area contributed by atoms with E-state index in [1.165, 1.54) is 5.56 Å². The standard InChI is InChI=1S/C21H28O4/c1-4-17(2)18-5-7-20(8-6-18)24-15-13-23-14-16-25-21-11-9-19(22-3)10-12-21/h5-12,17H,4,13-16H2,1-3H3. The molecule has 4 nitrogen and oxygen atoms in total. The van der Waals surface area contributed by atoms with Gasteiger partial charge in [0.05, 0.1) is 20.3 Å². The topological polar surface area (TPSA) is 36.9 Å². The summed E-state index contributed by atoms with van der Waals surface area (Å²) in [7, 11) is 1.64. The van der Waals surface area contributed by atoms with Crippen LogP contribution in [0.25, 0.3) is 0 Å². The molecule has 0 radical (unpaired) electrons. The molecule has 0 saturated heterocycles. The molecule has 0 fully saturated rings. The zero-order chi connectivity index (χ0) is 17.9. The van der Waals surface area contributed by atoms with Crippen molar-refractivity contribution >= 4 is 0 Å². The van der Waals surface area contributed by atoms with E-state index in [0.717, 1.165) is 23.7 Å². The average Bonchev–Trinajstić information content (AvgIpc) is 2.67. The highest BCUT2D eigenvalue weighted by molar-refractivity contribution is 5.31. The van der Waals surface area contributed by atoms with Gasteiger partial charge in [-0.05, 0) is 54.3 Å². The molecule has 0 aliphatic heterocycles. The Morgan fingerprint density at radius 1 is 0.720 bits per heavy atom. The molecule has 0 N–H and O–H groups in total. The van der Waals surface area contributed by atoms with Crippen molar-refractivity contribution in [1.29, 1.82) is 0 Å². The minimum absolute atomic E-state index is 0.510. The van der Waals surface area contributed by atoms with Gasteiger partial charge in [0.25, 0.3) is 0 Å². The van der Waals surface area contributed by atoms with E-state index in [1.807, 2.05) is 36.4 Å². The fourth-order valence-corrected chi connectivity index (χ4v) is 2.34. The van der Waals surface area contributed by atoms with Crippen LogP contribution in [0.1, 0.15) is 31.7 Å². The molecule has 0 spiro atoms. The first-order valence-corrected chi connectivity index (χ1v) is 8.80. The van der Waals surface area contributed by atoms with Gasteiger partial charge in [-0.25, -0.2) is 0 Å². The third-order valence-electron chi connectivity index (χ3n) is 4.11. The summed E-state index contributed by atoms with van der Waals surface area (Å²) in [5.41, 5.74) is 1.35. The van der Waals surface area contributed by atoms with E-state index in [0.29, 0.717) is 32.3 Å². The molecule has 136 valence electrons. The molecule has 0 heterocycles. The van der Waals surface area contributed by atoms with Crippen molar-refractivity contribution in [1.82, 2.24) is 0 Å². The Bertz CT molecular complexity index is 592. The summed E-state index contributed by atoms with van der Waals surface area (Å²) in [4.78, 5) is 0. The summed E-state index contributed by atoms with van der Waals surface area (Å²) in [6, 6.07) is 15.8. The van der Waals surface area contributed by atoms with Crippen LogP contribution in [0.5, 0.6) is 17.2 Å². The lowest BCUT2D eigenvalue weighted by Gasteiger charge is -2.11. The van der Waals surface area contributed by atoms with Crippen LogP contribution in [0.3, 0.4) is 0 Å². The first-order chi connectivity index (χ1) is 12.2. The molecule has 25 heavy (non-hydrogen) atoms. The van der Waals surface area contributed by atoms with Crippen LogP contribution in [0.15, 0.2) is 48.5 Å². The van der Waals surface area contributed by atoms with Gasteiger partial charge in [-0.3, -0.25) is 0 Å². The van der Waals surface area contributed by atoms with Crippen LogP contribution in [0, 0.1) is 0 Å². The minimum Gasteiger partial charge on any atom is -0.497 e. The molecule has 1 atom stereocenters. The van der Waals surface area contributed by atoms with Gasteiger partial charge >= 0.3 is 0 Å². The van der Waals surface area contributed by atoms with Gasteiger partial charge in [0, 0.05) is 0 Å². The fourth-order valence-electron chi connectivity index (χ4n) is 2.34. The molecule has 0 aliphatic rings. The second-order valence-corrected chi connectivity index (χ2v) is 5.86. The third kappa shape index (κ3) is 6.67. The summed E-state index contributed by atoms with van der Waals surface area (Å²) in [5.74, 6) is 3.09. The lowest BCUT2D eigenvalue weighted by Crippen LogP contribution is -2.12. The molecule has 2 aromatic carbocycles. The first-order valence-electron chi connectivity index (χ1n) is 8.80. The second-order valence-electron chi connectivity index (χ2n) is 5.86. The molecular weight excluding hydrogens is 316 g/mol. The Morgan fingerprint density at radius 2 is 1.20 bits per heavy atom. The number of hydrogen-bond acceptors (Lipinski definition) is 4. The van der Waals surface area contributed by atoms with E-state index in [1.54, 1.807) is 7.11 Å². The Hall–Kier alpha value is -2.20. The van der Waals surface area contributed by atoms with Crippen molar-refractivity contribution in [3.05, 3.63) is 54.1 Å². The second kappa shape index (κ2) is 10.6. The summed E-state index contributed by atoms with van der Waals surface area (Å²) >= 11 is 0. The summed E-state index contributed by atoms with van der Waals surface area (Å²) < 4.78 is 21.9. The Labute approximate surface area is 150 Å². The van der Waals surface area contributed by atoms with Crippen LogP contribution in [-0.2, 0) is 4.74 Å². The largest absolute Gasteiger partial charge is 0.497 e. The Kier molecular flexibility index (Phi) is 8.13. The van der Waals surface area contributed by atoms with Gasteiger partial charge in [0.15, 0.2) is 0 Å². The van der Waals surface area contributed by atoms with Gasteiger partial charge in [0.2, 0.25) is 0 Å². The van der Waals surface area contributed by atoms with Gasteiger partial charge < -0.3 is 18.9 Å². The monoisotopic (exact) mass is 344 g/mol. The van der Waals surface area contributed by atoms with Gasteiger partial charge in [-0.15, -0.1) is 0 Å². The van der Waals surface area contributed by atoms with Gasteiger partial charge in [-0.1, -0.05) is 26.0 Å². The molecule has 1 unspecified atom stereocenters. The Morgan fingerprint density at radius 3 is 1.68 bits per heavy atom. The predicted molar refractivity (Wildman–Crippen MR) is 100.0 cm³/mol. The summed E-state index contributed by atoms with van der Waals surface area (Å²) in [6.07, 6.45) is 1.15. The minimum atomic E-state index is 0.510. The maximum atomic E-state index is 5.69. The smallest absolute Gasteiger partial charge is 0.119 e. The fraction of sp³-hybridized carbons (Fsp3) is 0.429. The number of benzene rings is 2. The van der Waals surface area contributed by atoms with Gasteiger partial charge in [-0.2, -0.15) is 0 Å². The van der Waals surface area contributed by atoms with E-state index in [9.17, 15) is 0 Å². The van der Waals surface area contributed by atoms with Crippen molar-refractivity contribution in [2.24, 2.45) is 0 Å². The quantitative estimate of drug-likeness (QED) is 0.555. The van der Waals surface area contributed by atoms with E-state index >= 15 is 0 Å². The van der Waals surface area contributed by atoms with E-state index in [2.05, 4.69) is 26.0 Å². The lowest BCUT2D eigenvalue weighted by atomic mass is 9.99. The van der Waals surface area contributed by atoms with Crippen LogP contribution in [0.2, 0.25) is 0 Å². The predicted octanol–water partition coefficient (Wildman–Crippen LogP) is 4.68. The van der Waals surface area contributed by atoms with Crippen molar-refractivity contribution in [2.45, 2.75) is 26.2 Å². The molecule has 0 aliphatic carbocycles. The SMILES string of the molecule is CCC(C)c1ccc(OCCOCCOc2ccc(OC)cc2)cc1. The highest BCUT2D eigenvalue weighted by Crippen LogP contribution is 2.21.